The molecule has 17 heavy (non-hydrogen) atoms. The first kappa shape index (κ1) is 13.2. The summed E-state index contributed by atoms with van der Waals surface area (Å²) in [5.74, 6) is -0.455. The van der Waals surface area contributed by atoms with Crippen molar-refractivity contribution in [3.8, 4) is 6.07 Å². The van der Waals surface area contributed by atoms with Gasteiger partial charge in [-0.2, -0.15) is 5.26 Å². The highest BCUT2D eigenvalue weighted by Crippen LogP contribution is 2.23. The van der Waals surface area contributed by atoms with Gasteiger partial charge in [0.15, 0.2) is 5.41 Å². The average molecular weight is 231 g/mol. The van der Waals surface area contributed by atoms with E-state index in [0.717, 1.165) is 11.1 Å². The fraction of sp³-hybridized carbons (Fsp3) is 0.429. The zero-order chi connectivity index (χ0) is 12.9. The van der Waals surface area contributed by atoms with Gasteiger partial charge >= 0.3 is 5.97 Å². The first-order valence-electron chi connectivity index (χ1n) is 5.66. The van der Waals surface area contributed by atoms with Crippen molar-refractivity contribution in [2.45, 2.75) is 27.2 Å². The summed E-state index contributed by atoms with van der Waals surface area (Å²) in [5.41, 5.74) is 1.02. The molecule has 1 atom stereocenters. The third-order valence-corrected chi connectivity index (χ3v) is 2.65. The lowest BCUT2D eigenvalue weighted by molar-refractivity contribution is -0.151. The molecule has 1 aromatic carbocycles. The van der Waals surface area contributed by atoms with Gasteiger partial charge < -0.3 is 4.74 Å². The van der Waals surface area contributed by atoms with E-state index in [1.807, 2.05) is 31.2 Å². The van der Waals surface area contributed by atoms with E-state index in [1.54, 1.807) is 13.8 Å². The van der Waals surface area contributed by atoms with Gasteiger partial charge in [-0.15, -0.1) is 0 Å². The lowest BCUT2D eigenvalue weighted by Gasteiger charge is -2.19. The van der Waals surface area contributed by atoms with Crippen LogP contribution >= 0.6 is 0 Å². The number of carbonyl (C=O) groups excluding carboxylic acids is 1. The predicted molar refractivity (Wildman–Crippen MR) is 65.2 cm³/mol. The molecule has 0 heterocycles. The fourth-order valence-electron chi connectivity index (χ4n) is 1.56. The molecule has 1 aromatic rings. The normalized spacial score (nSPS) is 13.5. The molecule has 0 amide bonds. The van der Waals surface area contributed by atoms with Gasteiger partial charge in [0.2, 0.25) is 0 Å². The average Bonchev–Trinajstić information content (AvgIpc) is 2.32. The number of nitriles is 1. The SMILES string of the molecule is CCOC(=O)C(C)(C#N)Cc1ccc(C)cc1. The van der Waals surface area contributed by atoms with Crippen molar-refractivity contribution in [2.75, 3.05) is 6.61 Å². The Bertz CT molecular complexity index is 431. The van der Waals surface area contributed by atoms with Crippen molar-refractivity contribution in [3.63, 3.8) is 0 Å². The molecular weight excluding hydrogens is 214 g/mol. The minimum absolute atomic E-state index is 0.296. The summed E-state index contributed by atoms with van der Waals surface area (Å²) in [4.78, 5) is 11.7. The molecule has 3 nitrogen and oxygen atoms in total. The quantitative estimate of drug-likeness (QED) is 0.748. The second-order valence-corrected chi connectivity index (χ2v) is 4.33. The van der Waals surface area contributed by atoms with Crippen LogP contribution in [0.2, 0.25) is 0 Å². The van der Waals surface area contributed by atoms with Crippen molar-refractivity contribution >= 4 is 5.97 Å². The number of nitrogens with zero attached hydrogens (tertiary/aromatic N) is 1. The fourth-order valence-corrected chi connectivity index (χ4v) is 1.56. The number of benzene rings is 1. The van der Waals surface area contributed by atoms with E-state index in [2.05, 4.69) is 6.07 Å². The van der Waals surface area contributed by atoms with Crippen LogP contribution in [0.25, 0.3) is 0 Å². The summed E-state index contributed by atoms with van der Waals surface area (Å²) in [5, 5.41) is 9.15. The van der Waals surface area contributed by atoms with E-state index >= 15 is 0 Å². The molecule has 0 fully saturated rings. The third-order valence-electron chi connectivity index (χ3n) is 2.65. The molecule has 3 heteroatoms. The maximum absolute atomic E-state index is 11.7. The zero-order valence-corrected chi connectivity index (χ0v) is 10.5. The molecule has 0 N–H and O–H groups in total. The number of esters is 1. The van der Waals surface area contributed by atoms with Gasteiger partial charge in [-0.3, -0.25) is 4.79 Å². The second-order valence-electron chi connectivity index (χ2n) is 4.33. The van der Waals surface area contributed by atoms with Gasteiger partial charge in [0.25, 0.3) is 0 Å². The zero-order valence-electron chi connectivity index (χ0n) is 10.5. The number of hydrogen-bond donors (Lipinski definition) is 0. The molecule has 1 unspecified atom stereocenters. The third kappa shape index (κ3) is 3.32. The van der Waals surface area contributed by atoms with E-state index in [4.69, 9.17) is 10.00 Å². The summed E-state index contributed by atoms with van der Waals surface area (Å²) in [6.07, 6.45) is 0.378. The van der Waals surface area contributed by atoms with E-state index in [1.165, 1.54) is 0 Å². The van der Waals surface area contributed by atoms with E-state index in [9.17, 15) is 4.79 Å². The van der Waals surface area contributed by atoms with Crippen LogP contribution in [0.5, 0.6) is 0 Å². The molecule has 0 radical (unpaired) electrons. The molecule has 0 saturated carbocycles. The first-order chi connectivity index (χ1) is 8.01. The van der Waals surface area contributed by atoms with Crippen LogP contribution in [0, 0.1) is 23.7 Å². The Morgan fingerprint density at radius 2 is 2.00 bits per heavy atom. The Hall–Kier alpha value is -1.82. The standard InChI is InChI=1S/C14H17NO2/c1-4-17-13(16)14(3,10-15)9-12-7-5-11(2)6-8-12/h5-8H,4,9H2,1-3H3. The predicted octanol–water partition coefficient (Wildman–Crippen LogP) is 2.63. The van der Waals surface area contributed by atoms with Gasteiger partial charge in [0, 0.05) is 6.42 Å². The smallest absolute Gasteiger partial charge is 0.326 e. The van der Waals surface area contributed by atoms with Crippen LogP contribution in [0.15, 0.2) is 24.3 Å². The van der Waals surface area contributed by atoms with E-state index in [0.29, 0.717) is 13.0 Å². The first-order valence-corrected chi connectivity index (χ1v) is 5.66. The Morgan fingerprint density at radius 3 is 2.47 bits per heavy atom. The molecule has 90 valence electrons. The largest absolute Gasteiger partial charge is 0.465 e. The molecule has 0 aromatic heterocycles. The number of ether oxygens (including phenoxy) is 1. The minimum Gasteiger partial charge on any atom is -0.465 e. The summed E-state index contributed by atoms with van der Waals surface area (Å²) < 4.78 is 4.93. The topological polar surface area (TPSA) is 50.1 Å². The maximum atomic E-state index is 11.7. The van der Waals surface area contributed by atoms with E-state index in [-0.39, 0.29) is 0 Å². The molecule has 0 aliphatic rings. The monoisotopic (exact) mass is 231 g/mol. The summed E-state index contributed by atoms with van der Waals surface area (Å²) in [7, 11) is 0. The van der Waals surface area contributed by atoms with Crippen molar-refractivity contribution in [1.29, 1.82) is 5.26 Å². The highest BCUT2D eigenvalue weighted by Gasteiger charge is 2.35. The van der Waals surface area contributed by atoms with Crippen LogP contribution < -0.4 is 0 Å². The van der Waals surface area contributed by atoms with Crippen LogP contribution in [0.4, 0.5) is 0 Å². The summed E-state index contributed by atoms with van der Waals surface area (Å²) >= 11 is 0. The molecule has 0 aliphatic heterocycles. The molecule has 0 saturated heterocycles. The highest BCUT2D eigenvalue weighted by molar-refractivity contribution is 5.79. The van der Waals surface area contributed by atoms with Crippen molar-refractivity contribution in [1.82, 2.24) is 0 Å². The molecule has 1 rings (SSSR count). The summed E-state index contributed by atoms with van der Waals surface area (Å²) in [6.45, 7) is 5.65. The van der Waals surface area contributed by atoms with Gasteiger partial charge in [-0.1, -0.05) is 29.8 Å². The lowest BCUT2D eigenvalue weighted by atomic mass is 9.85. The maximum Gasteiger partial charge on any atom is 0.326 e. The van der Waals surface area contributed by atoms with Gasteiger partial charge in [0.05, 0.1) is 12.7 Å². The number of carbonyl (C=O) groups is 1. The van der Waals surface area contributed by atoms with Crippen LogP contribution in [0.3, 0.4) is 0 Å². The van der Waals surface area contributed by atoms with Crippen LogP contribution in [-0.4, -0.2) is 12.6 Å². The number of rotatable bonds is 4. The van der Waals surface area contributed by atoms with Crippen molar-refractivity contribution < 1.29 is 9.53 Å². The Balaban J connectivity index is 2.86. The van der Waals surface area contributed by atoms with E-state index < -0.39 is 11.4 Å². The Morgan fingerprint density at radius 1 is 1.41 bits per heavy atom. The number of aryl methyl sites for hydroxylation is 1. The molecule has 0 bridgehead atoms. The highest BCUT2D eigenvalue weighted by atomic mass is 16.5. The molecular formula is C14H17NO2. The molecule has 0 aliphatic carbocycles. The van der Waals surface area contributed by atoms with Crippen molar-refractivity contribution in [3.05, 3.63) is 35.4 Å². The van der Waals surface area contributed by atoms with Gasteiger partial charge in [-0.05, 0) is 26.3 Å². The van der Waals surface area contributed by atoms with Crippen LogP contribution in [-0.2, 0) is 16.0 Å². The summed E-state index contributed by atoms with van der Waals surface area (Å²) in [6, 6.07) is 9.86. The Labute approximate surface area is 102 Å². The van der Waals surface area contributed by atoms with Crippen molar-refractivity contribution in [2.24, 2.45) is 5.41 Å². The second kappa shape index (κ2) is 5.49. The Kier molecular flexibility index (Phi) is 4.28. The van der Waals surface area contributed by atoms with Crippen LogP contribution in [0.1, 0.15) is 25.0 Å². The van der Waals surface area contributed by atoms with Gasteiger partial charge in [-0.25, -0.2) is 0 Å². The lowest BCUT2D eigenvalue weighted by Crippen LogP contribution is -2.30. The van der Waals surface area contributed by atoms with Gasteiger partial charge in [0.1, 0.15) is 0 Å². The minimum atomic E-state index is -1.11. The number of hydrogen-bond acceptors (Lipinski definition) is 3. The molecule has 0 spiro atoms.